The Morgan fingerprint density at radius 1 is 0.256 bits per heavy atom. The van der Waals surface area contributed by atoms with E-state index in [0.717, 1.165) is 128 Å². The number of esters is 3. The molecule has 0 saturated heterocycles. The van der Waals surface area contributed by atoms with Gasteiger partial charge in [-0.25, -0.2) is 0 Å². The number of hydrogen-bond donors (Lipinski definition) is 0. The van der Waals surface area contributed by atoms with Crippen LogP contribution in [-0.4, -0.2) is 37.2 Å². The minimum absolute atomic E-state index is 0.0801. The fraction of sp³-hybridized carbons (Fsp3) is 0.671. The lowest BCUT2D eigenvalue weighted by molar-refractivity contribution is -0.167. The number of unbranched alkanes of at least 4 members (excludes halogenated alkanes) is 28. The Balaban J connectivity index is 4.05. The van der Waals surface area contributed by atoms with Gasteiger partial charge < -0.3 is 14.2 Å². The predicted octanol–water partition coefficient (Wildman–Crippen LogP) is 23.7. The minimum atomic E-state index is -0.781. The van der Waals surface area contributed by atoms with Gasteiger partial charge >= 0.3 is 17.9 Å². The highest BCUT2D eigenvalue weighted by Crippen LogP contribution is 2.16. The molecule has 0 aromatic heterocycles. The summed E-state index contributed by atoms with van der Waals surface area (Å²) in [6.45, 7) is 6.37. The molecular formula is C76H126O6. The highest BCUT2D eigenvalue weighted by molar-refractivity contribution is 5.71. The number of allylic oxidation sites excluding steroid dienone is 22. The maximum Gasteiger partial charge on any atom is 0.306 e. The van der Waals surface area contributed by atoms with Crippen molar-refractivity contribution in [3.63, 3.8) is 0 Å². The first-order valence-electron chi connectivity index (χ1n) is 34.2. The smallest absolute Gasteiger partial charge is 0.306 e. The maximum atomic E-state index is 12.9. The van der Waals surface area contributed by atoms with Crippen molar-refractivity contribution >= 4 is 17.9 Å². The molecule has 466 valence electrons. The predicted molar refractivity (Wildman–Crippen MR) is 357 cm³/mol. The van der Waals surface area contributed by atoms with Crippen molar-refractivity contribution in [2.75, 3.05) is 13.2 Å². The quantitative estimate of drug-likeness (QED) is 0.0261. The molecule has 6 nitrogen and oxygen atoms in total. The average molecular weight is 1140 g/mol. The van der Waals surface area contributed by atoms with E-state index in [9.17, 15) is 14.4 Å². The number of hydrogen-bond acceptors (Lipinski definition) is 6. The summed E-state index contributed by atoms with van der Waals surface area (Å²) in [5, 5.41) is 0. The van der Waals surface area contributed by atoms with Gasteiger partial charge in [0.15, 0.2) is 6.10 Å². The lowest BCUT2D eigenvalue weighted by atomic mass is 10.0. The Morgan fingerprint density at radius 3 is 0.744 bits per heavy atom. The van der Waals surface area contributed by atoms with Crippen molar-refractivity contribution in [2.45, 2.75) is 316 Å². The number of carbonyl (C=O) groups is 3. The van der Waals surface area contributed by atoms with Gasteiger partial charge in [-0.2, -0.15) is 0 Å². The van der Waals surface area contributed by atoms with E-state index in [1.807, 2.05) is 0 Å². The topological polar surface area (TPSA) is 78.9 Å². The second-order valence-corrected chi connectivity index (χ2v) is 22.3. The standard InChI is InChI=1S/C76H126O6/c1-4-7-10-13-16-18-20-22-24-26-28-30-32-33-34-35-36-37-38-39-40-41-42-43-45-46-48-50-52-54-56-58-60-63-66-69-75(78)81-72-73(71-80-74(77)68-65-62-15-12-9-6-3)82-76(79)70-67-64-61-59-57-55-53-51-49-47-44-31-29-27-25-23-21-19-17-14-11-8-5-2/h7-8,10-11,16-19,22-25,28-31,33-34,36-37,39-40,73H,4-6,9,12-15,20-21,26-27,32,35,38,41-72H2,1-3H3/b10-7-,11-8-,18-16-,19-17-,24-22-,25-23-,30-28-,31-29-,34-33-,37-36-,40-39-. The summed E-state index contributed by atoms with van der Waals surface area (Å²) in [6.07, 6.45) is 97.9. The summed E-state index contributed by atoms with van der Waals surface area (Å²) in [4.78, 5) is 38.1. The van der Waals surface area contributed by atoms with Crippen molar-refractivity contribution in [1.82, 2.24) is 0 Å². The highest BCUT2D eigenvalue weighted by atomic mass is 16.6. The van der Waals surface area contributed by atoms with Crippen LogP contribution in [0, 0.1) is 0 Å². The van der Waals surface area contributed by atoms with E-state index in [0.29, 0.717) is 19.3 Å². The first kappa shape index (κ1) is 77.5. The van der Waals surface area contributed by atoms with Crippen LogP contribution in [0.4, 0.5) is 0 Å². The van der Waals surface area contributed by atoms with Crippen LogP contribution in [0.3, 0.4) is 0 Å². The van der Waals surface area contributed by atoms with E-state index in [-0.39, 0.29) is 31.1 Å². The van der Waals surface area contributed by atoms with Gasteiger partial charge in [-0.15, -0.1) is 0 Å². The van der Waals surface area contributed by atoms with Crippen molar-refractivity contribution in [3.05, 3.63) is 134 Å². The lowest BCUT2D eigenvalue weighted by Crippen LogP contribution is -2.30. The van der Waals surface area contributed by atoms with E-state index >= 15 is 0 Å². The zero-order valence-electron chi connectivity index (χ0n) is 53.5. The van der Waals surface area contributed by atoms with E-state index in [1.54, 1.807) is 0 Å². The lowest BCUT2D eigenvalue weighted by Gasteiger charge is -2.18. The van der Waals surface area contributed by atoms with Crippen molar-refractivity contribution in [1.29, 1.82) is 0 Å². The van der Waals surface area contributed by atoms with Crippen LogP contribution in [0.15, 0.2) is 134 Å². The minimum Gasteiger partial charge on any atom is -0.462 e. The normalized spacial score (nSPS) is 13.0. The van der Waals surface area contributed by atoms with Gasteiger partial charge in [-0.1, -0.05) is 309 Å². The number of ether oxygens (including phenoxy) is 3. The van der Waals surface area contributed by atoms with Gasteiger partial charge in [0.1, 0.15) is 13.2 Å². The van der Waals surface area contributed by atoms with Crippen LogP contribution in [0.2, 0.25) is 0 Å². The first-order chi connectivity index (χ1) is 40.5. The van der Waals surface area contributed by atoms with Crippen LogP contribution in [0.25, 0.3) is 0 Å². The van der Waals surface area contributed by atoms with Gasteiger partial charge in [0.05, 0.1) is 0 Å². The van der Waals surface area contributed by atoms with Crippen molar-refractivity contribution in [2.24, 2.45) is 0 Å². The summed E-state index contributed by atoms with van der Waals surface area (Å²) in [5.74, 6) is -0.889. The molecule has 0 aliphatic rings. The Morgan fingerprint density at radius 2 is 0.476 bits per heavy atom. The summed E-state index contributed by atoms with van der Waals surface area (Å²) < 4.78 is 16.8. The van der Waals surface area contributed by atoms with Crippen LogP contribution in [0.5, 0.6) is 0 Å². The van der Waals surface area contributed by atoms with E-state index in [2.05, 4.69) is 154 Å². The summed E-state index contributed by atoms with van der Waals surface area (Å²) in [6, 6.07) is 0. The van der Waals surface area contributed by atoms with Crippen LogP contribution in [-0.2, 0) is 28.6 Å². The molecule has 0 aromatic carbocycles. The molecule has 82 heavy (non-hydrogen) atoms. The molecule has 0 radical (unpaired) electrons. The van der Waals surface area contributed by atoms with E-state index < -0.39 is 6.10 Å². The van der Waals surface area contributed by atoms with Gasteiger partial charge in [-0.3, -0.25) is 14.4 Å². The zero-order chi connectivity index (χ0) is 59.2. The molecule has 6 heteroatoms. The van der Waals surface area contributed by atoms with Gasteiger partial charge in [0.25, 0.3) is 0 Å². The van der Waals surface area contributed by atoms with Crippen molar-refractivity contribution in [3.8, 4) is 0 Å². The van der Waals surface area contributed by atoms with Gasteiger partial charge in [-0.05, 0) is 116 Å². The first-order valence-corrected chi connectivity index (χ1v) is 34.2. The Labute approximate surface area is 506 Å². The Hall–Kier alpha value is -4.45. The monoisotopic (exact) mass is 1130 g/mol. The fourth-order valence-electron chi connectivity index (χ4n) is 9.36. The largest absolute Gasteiger partial charge is 0.462 e. The molecule has 0 saturated carbocycles. The summed E-state index contributed by atoms with van der Waals surface area (Å²) in [5.41, 5.74) is 0. The van der Waals surface area contributed by atoms with Gasteiger partial charge in [0.2, 0.25) is 0 Å². The zero-order valence-corrected chi connectivity index (χ0v) is 53.5. The van der Waals surface area contributed by atoms with Crippen LogP contribution in [0.1, 0.15) is 310 Å². The summed E-state index contributed by atoms with van der Waals surface area (Å²) in [7, 11) is 0. The number of carbonyl (C=O) groups excluding carboxylic acids is 3. The molecule has 0 rings (SSSR count). The van der Waals surface area contributed by atoms with E-state index in [4.69, 9.17) is 14.2 Å². The molecule has 1 unspecified atom stereocenters. The van der Waals surface area contributed by atoms with Crippen molar-refractivity contribution < 1.29 is 28.6 Å². The molecular weight excluding hydrogens is 1010 g/mol. The highest BCUT2D eigenvalue weighted by Gasteiger charge is 2.19. The Bertz CT molecular complexity index is 1730. The molecule has 0 bridgehead atoms. The third kappa shape index (κ3) is 66.4. The second kappa shape index (κ2) is 69.0. The average Bonchev–Trinajstić information content (AvgIpc) is 3.47. The molecule has 0 aliphatic heterocycles. The molecule has 0 N–H and O–H groups in total. The molecule has 0 amide bonds. The summed E-state index contributed by atoms with van der Waals surface area (Å²) >= 11 is 0. The fourth-order valence-corrected chi connectivity index (χ4v) is 9.36. The van der Waals surface area contributed by atoms with E-state index in [1.165, 1.54) is 141 Å². The SMILES string of the molecule is CC/C=C\C/C=C\C/C=C\C/C=C\C/C=C\C/C=C\C/C=C\CCCCCCCCCCCCCCCC(=O)OCC(COC(=O)CCCCCCCC)OC(=O)CCCCCCCCCCCC/C=C\C/C=C\C/C=C\C/C=C\CC. The molecule has 1 atom stereocenters. The maximum absolute atomic E-state index is 12.9. The second-order valence-electron chi connectivity index (χ2n) is 22.3. The van der Waals surface area contributed by atoms with Crippen LogP contribution < -0.4 is 0 Å². The number of rotatable bonds is 61. The van der Waals surface area contributed by atoms with Crippen LogP contribution >= 0.6 is 0 Å². The molecule has 0 aliphatic carbocycles. The Kier molecular flexibility index (Phi) is 65.3. The molecule has 0 aromatic rings. The third-order valence-corrected chi connectivity index (χ3v) is 14.4. The third-order valence-electron chi connectivity index (χ3n) is 14.4. The molecule has 0 heterocycles. The molecule has 0 spiro atoms. The van der Waals surface area contributed by atoms with Gasteiger partial charge in [0, 0.05) is 19.3 Å². The molecule has 0 fully saturated rings.